The summed E-state index contributed by atoms with van der Waals surface area (Å²) >= 11 is 0. The van der Waals surface area contributed by atoms with Gasteiger partial charge in [0.1, 0.15) is 0 Å². The topological polar surface area (TPSA) is 30.5 Å². The Morgan fingerprint density at radius 1 is 1.62 bits per heavy atom. The van der Waals surface area contributed by atoms with Gasteiger partial charge in [0.25, 0.3) is 0 Å². The van der Waals surface area contributed by atoms with Gasteiger partial charge in [0.05, 0.1) is 19.3 Å². The molecule has 3 heteroatoms. The van der Waals surface area contributed by atoms with E-state index in [9.17, 15) is 0 Å². The second-order valence-electron chi connectivity index (χ2n) is 1.90. The highest BCUT2D eigenvalue weighted by Crippen LogP contribution is 1.91. The molecule has 1 aliphatic rings. The van der Waals surface area contributed by atoms with Crippen LogP contribution in [0, 0.1) is 0 Å². The number of hydroxylamine groups is 1. The molecule has 1 heterocycles. The standard InChI is InChI=1S/C5H11NO2/c1-5-4-7-3-2-6-8-5/h5-6H,2-4H2,1H3. The second kappa shape index (κ2) is 3.02. The molecule has 0 bridgehead atoms. The van der Waals surface area contributed by atoms with Crippen LogP contribution in [0.3, 0.4) is 0 Å². The molecule has 0 aromatic heterocycles. The smallest absolute Gasteiger partial charge is 0.0995 e. The summed E-state index contributed by atoms with van der Waals surface area (Å²) in [5, 5.41) is 0. The van der Waals surface area contributed by atoms with Crippen LogP contribution in [-0.2, 0) is 9.57 Å². The van der Waals surface area contributed by atoms with E-state index in [-0.39, 0.29) is 6.10 Å². The van der Waals surface area contributed by atoms with Gasteiger partial charge in [-0.05, 0) is 6.92 Å². The predicted octanol–water partition coefficient (Wildman–Crippen LogP) is -0.0737. The molecule has 0 spiro atoms. The Hall–Kier alpha value is -0.120. The lowest BCUT2D eigenvalue weighted by Crippen LogP contribution is -2.21. The maximum absolute atomic E-state index is 5.12. The molecule has 1 rings (SSSR count). The molecule has 0 radical (unpaired) electrons. The molecule has 0 aliphatic carbocycles. The van der Waals surface area contributed by atoms with Crippen LogP contribution in [0.25, 0.3) is 0 Å². The van der Waals surface area contributed by atoms with Crippen LogP contribution in [0.15, 0.2) is 0 Å². The fourth-order valence-electron chi connectivity index (χ4n) is 0.598. The molecule has 1 saturated heterocycles. The summed E-state index contributed by atoms with van der Waals surface area (Å²) in [7, 11) is 0. The highest BCUT2D eigenvalue weighted by Gasteiger charge is 2.04. The number of hydrogen-bond acceptors (Lipinski definition) is 3. The minimum absolute atomic E-state index is 0.192. The summed E-state index contributed by atoms with van der Waals surface area (Å²) in [6, 6.07) is 0. The number of hydrogen-bond donors (Lipinski definition) is 1. The van der Waals surface area contributed by atoms with Crippen LogP contribution >= 0.6 is 0 Å². The van der Waals surface area contributed by atoms with E-state index < -0.39 is 0 Å². The fourth-order valence-corrected chi connectivity index (χ4v) is 0.598. The highest BCUT2D eigenvalue weighted by molar-refractivity contribution is 4.48. The molecule has 3 nitrogen and oxygen atoms in total. The Kier molecular flexibility index (Phi) is 2.27. The molecule has 48 valence electrons. The van der Waals surface area contributed by atoms with Gasteiger partial charge in [-0.3, -0.25) is 4.84 Å². The monoisotopic (exact) mass is 117 g/mol. The van der Waals surface area contributed by atoms with Crippen molar-refractivity contribution in [3.63, 3.8) is 0 Å². The first-order chi connectivity index (χ1) is 3.89. The number of nitrogens with one attached hydrogen (secondary N) is 1. The Labute approximate surface area is 48.9 Å². The Bertz CT molecular complexity index is 59.4. The quantitative estimate of drug-likeness (QED) is 0.481. The second-order valence-corrected chi connectivity index (χ2v) is 1.90. The van der Waals surface area contributed by atoms with Gasteiger partial charge in [-0.2, -0.15) is 5.48 Å². The summed E-state index contributed by atoms with van der Waals surface area (Å²) in [6.45, 7) is 4.22. The van der Waals surface area contributed by atoms with E-state index in [1.807, 2.05) is 6.92 Å². The lowest BCUT2D eigenvalue weighted by atomic mass is 10.4. The van der Waals surface area contributed by atoms with Crippen molar-refractivity contribution >= 4 is 0 Å². The van der Waals surface area contributed by atoms with Gasteiger partial charge in [0.15, 0.2) is 0 Å². The Morgan fingerprint density at radius 2 is 2.50 bits per heavy atom. The minimum atomic E-state index is 0.192. The van der Waals surface area contributed by atoms with E-state index in [0.29, 0.717) is 6.61 Å². The van der Waals surface area contributed by atoms with Crippen LogP contribution < -0.4 is 5.48 Å². The molecule has 8 heavy (non-hydrogen) atoms. The van der Waals surface area contributed by atoms with Crippen molar-refractivity contribution in [1.29, 1.82) is 0 Å². The average molecular weight is 117 g/mol. The SMILES string of the molecule is CC1COCCNO1. The molecule has 1 atom stereocenters. The molecule has 0 aromatic rings. The van der Waals surface area contributed by atoms with Gasteiger partial charge >= 0.3 is 0 Å². The molecular formula is C5H11NO2. The van der Waals surface area contributed by atoms with E-state index in [1.54, 1.807) is 0 Å². The first-order valence-electron chi connectivity index (χ1n) is 2.86. The van der Waals surface area contributed by atoms with Crippen molar-refractivity contribution in [3.8, 4) is 0 Å². The predicted molar refractivity (Wildman–Crippen MR) is 29.4 cm³/mol. The van der Waals surface area contributed by atoms with E-state index in [0.717, 1.165) is 13.2 Å². The van der Waals surface area contributed by atoms with E-state index in [2.05, 4.69) is 5.48 Å². The van der Waals surface area contributed by atoms with Gasteiger partial charge in [-0.15, -0.1) is 0 Å². The summed E-state index contributed by atoms with van der Waals surface area (Å²) in [6.07, 6.45) is 0.192. The highest BCUT2D eigenvalue weighted by atomic mass is 16.7. The molecule has 1 fully saturated rings. The molecular weight excluding hydrogens is 106 g/mol. The maximum atomic E-state index is 5.12. The molecule has 1 unspecified atom stereocenters. The molecule has 1 N–H and O–H groups in total. The Morgan fingerprint density at radius 3 is 3.38 bits per heavy atom. The number of ether oxygens (including phenoxy) is 1. The largest absolute Gasteiger partial charge is 0.377 e. The first-order valence-corrected chi connectivity index (χ1v) is 2.86. The minimum Gasteiger partial charge on any atom is -0.377 e. The van der Waals surface area contributed by atoms with Crippen molar-refractivity contribution in [2.45, 2.75) is 13.0 Å². The first kappa shape index (κ1) is 6.01. The summed E-state index contributed by atoms with van der Waals surface area (Å²) in [5.41, 5.74) is 2.77. The Balaban J connectivity index is 2.17. The molecule has 0 saturated carbocycles. The zero-order valence-electron chi connectivity index (χ0n) is 5.02. The zero-order chi connectivity index (χ0) is 5.82. The lowest BCUT2D eigenvalue weighted by molar-refractivity contribution is -0.0172. The van der Waals surface area contributed by atoms with Crippen molar-refractivity contribution in [1.82, 2.24) is 5.48 Å². The van der Waals surface area contributed by atoms with E-state index >= 15 is 0 Å². The summed E-state index contributed by atoms with van der Waals surface area (Å²) in [5.74, 6) is 0. The summed E-state index contributed by atoms with van der Waals surface area (Å²) in [4.78, 5) is 5.03. The van der Waals surface area contributed by atoms with Crippen molar-refractivity contribution < 1.29 is 9.57 Å². The maximum Gasteiger partial charge on any atom is 0.0995 e. The average Bonchev–Trinajstić information content (AvgIpc) is 1.94. The van der Waals surface area contributed by atoms with Crippen LogP contribution in [-0.4, -0.2) is 25.9 Å². The van der Waals surface area contributed by atoms with Crippen LogP contribution in [0.2, 0.25) is 0 Å². The summed E-state index contributed by atoms with van der Waals surface area (Å²) < 4.78 is 5.12. The van der Waals surface area contributed by atoms with Gasteiger partial charge in [-0.25, -0.2) is 0 Å². The molecule has 0 amide bonds. The van der Waals surface area contributed by atoms with Gasteiger partial charge in [0, 0.05) is 6.54 Å². The van der Waals surface area contributed by atoms with Crippen LogP contribution in [0.4, 0.5) is 0 Å². The van der Waals surface area contributed by atoms with Gasteiger partial charge in [0.2, 0.25) is 0 Å². The third-order valence-electron chi connectivity index (χ3n) is 0.986. The van der Waals surface area contributed by atoms with Crippen LogP contribution in [0.1, 0.15) is 6.92 Å². The van der Waals surface area contributed by atoms with Crippen molar-refractivity contribution in [2.75, 3.05) is 19.8 Å². The zero-order valence-corrected chi connectivity index (χ0v) is 5.02. The number of rotatable bonds is 0. The van der Waals surface area contributed by atoms with E-state index in [1.165, 1.54) is 0 Å². The normalized spacial score (nSPS) is 31.9. The molecule has 1 aliphatic heterocycles. The van der Waals surface area contributed by atoms with Gasteiger partial charge in [-0.1, -0.05) is 0 Å². The third-order valence-corrected chi connectivity index (χ3v) is 0.986. The van der Waals surface area contributed by atoms with Crippen molar-refractivity contribution in [3.05, 3.63) is 0 Å². The third kappa shape index (κ3) is 1.78. The lowest BCUT2D eigenvalue weighted by Gasteiger charge is -2.04. The van der Waals surface area contributed by atoms with E-state index in [4.69, 9.17) is 9.57 Å². The molecule has 0 aromatic carbocycles. The van der Waals surface area contributed by atoms with Crippen LogP contribution in [0.5, 0.6) is 0 Å². The van der Waals surface area contributed by atoms with Crippen molar-refractivity contribution in [2.24, 2.45) is 0 Å². The fraction of sp³-hybridized carbons (Fsp3) is 1.00. The van der Waals surface area contributed by atoms with Gasteiger partial charge < -0.3 is 4.74 Å².